The summed E-state index contributed by atoms with van der Waals surface area (Å²) in [7, 11) is 0. The molecule has 6 nitrogen and oxygen atoms in total. The number of nitrogens with one attached hydrogen (secondary N) is 1. The van der Waals surface area contributed by atoms with E-state index in [1.54, 1.807) is 4.90 Å². The normalized spacial score (nSPS) is 18.4. The van der Waals surface area contributed by atoms with Crippen LogP contribution in [0.1, 0.15) is 52.1 Å². The van der Waals surface area contributed by atoms with E-state index in [1.807, 2.05) is 58.0 Å². The molecule has 1 fully saturated rings. The maximum Gasteiger partial charge on any atom is 0.410 e. The van der Waals surface area contributed by atoms with Crippen molar-refractivity contribution in [2.24, 2.45) is 5.73 Å². The van der Waals surface area contributed by atoms with Gasteiger partial charge in [-0.3, -0.25) is 4.79 Å². The van der Waals surface area contributed by atoms with E-state index in [4.69, 9.17) is 10.5 Å². The average Bonchev–Trinajstić information content (AvgIpc) is 2.54. The molecule has 1 saturated heterocycles. The first kappa shape index (κ1) is 19.2. The molecule has 2 rings (SSSR count). The summed E-state index contributed by atoms with van der Waals surface area (Å²) in [4.78, 5) is 26.4. The SMILES string of the molecule is C[C@H](NC(=O)C1(N)CCN(C(=O)OC(C)(C)C)CC1)c1ccccc1. The van der Waals surface area contributed by atoms with Crippen LogP contribution in [0.3, 0.4) is 0 Å². The van der Waals surface area contributed by atoms with Gasteiger partial charge in [0, 0.05) is 13.1 Å². The number of hydrogen-bond donors (Lipinski definition) is 2. The number of nitrogens with zero attached hydrogens (tertiary/aromatic N) is 1. The molecule has 3 N–H and O–H groups in total. The molecule has 0 aromatic heterocycles. The molecule has 6 heteroatoms. The van der Waals surface area contributed by atoms with Crippen LogP contribution in [0.25, 0.3) is 0 Å². The van der Waals surface area contributed by atoms with Crippen molar-refractivity contribution in [3.63, 3.8) is 0 Å². The van der Waals surface area contributed by atoms with Crippen molar-refractivity contribution in [3.8, 4) is 0 Å². The fourth-order valence-electron chi connectivity index (χ4n) is 2.81. The number of likely N-dealkylation sites (tertiary alicyclic amines) is 1. The van der Waals surface area contributed by atoms with Gasteiger partial charge in [0.1, 0.15) is 5.60 Å². The molecule has 25 heavy (non-hydrogen) atoms. The van der Waals surface area contributed by atoms with Gasteiger partial charge < -0.3 is 20.7 Å². The zero-order chi connectivity index (χ0) is 18.7. The molecular formula is C19H29N3O3. The van der Waals surface area contributed by atoms with Crippen LogP contribution in [0.5, 0.6) is 0 Å². The fourth-order valence-corrected chi connectivity index (χ4v) is 2.81. The van der Waals surface area contributed by atoms with Crippen LogP contribution in [-0.2, 0) is 9.53 Å². The topological polar surface area (TPSA) is 84.7 Å². The van der Waals surface area contributed by atoms with Crippen molar-refractivity contribution in [1.82, 2.24) is 10.2 Å². The summed E-state index contributed by atoms with van der Waals surface area (Å²) >= 11 is 0. The molecule has 1 aliphatic heterocycles. The van der Waals surface area contributed by atoms with Crippen LogP contribution in [0.2, 0.25) is 0 Å². The van der Waals surface area contributed by atoms with Gasteiger partial charge in [-0.2, -0.15) is 0 Å². The summed E-state index contributed by atoms with van der Waals surface area (Å²) in [6.45, 7) is 8.27. The van der Waals surface area contributed by atoms with Crippen LogP contribution < -0.4 is 11.1 Å². The van der Waals surface area contributed by atoms with Gasteiger partial charge in [0.15, 0.2) is 0 Å². The Hall–Kier alpha value is -2.08. The largest absolute Gasteiger partial charge is 0.444 e. The first-order chi connectivity index (χ1) is 11.6. The van der Waals surface area contributed by atoms with E-state index in [0.717, 1.165) is 5.56 Å². The second-order valence-corrected chi connectivity index (χ2v) is 7.73. The van der Waals surface area contributed by atoms with Gasteiger partial charge in [0.05, 0.1) is 11.6 Å². The molecule has 0 radical (unpaired) electrons. The summed E-state index contributed by atoms with van der Waals surface area (Å²) in [5.41, 5.74) is 5.87. The summed E-state index contributed by atoms with van der Waals surface area (Å²) < 4.78 is 5.37. The molecule has 0 aliphatic carbocycles. The predicted molar refractivity (Wildman–Crippen MR) is 97.0 cm³/mol. The first-order valence-electron chi connectivity index (χ1n) is 8.73. The third-order valence-corrected chi connectivity index (χ3v) is 4.41. The van der Waals surface area contributed by atoms with E-state index in [-0.39, 0.29) is 18.0 Å². The molecule has 0 unspecified atom stereocenters. The lowest BCUT2D eigenvalue weighted by molar-refractivity contribution is -0.128. The van der Waals surface area contributed by atoms with E-state index >= 15 is 0 Å². The van der Waals surface area contributed by atoms with Gasteiger partial charge in [-0.05, 0) is 46.1 Å². The highest BCUT2D eigenvalue weighted by molar-refractivity contribution is 5.86. The average molecular weight is 347 g/mol. The lowest BCUT2D eigenvalue weighted by Crippen LogP contribution is -2.60. The van der Waals surface area contributed by atoms with Crippen LogP contribution in [0.4, 0.5) is 4.79 Å². The number of benzene rings is 1. The Morgan fingerprint density at radius 3 is 2.28 bits per heavy atom. The maximum absolute atomic E-state index is 12.6. The number of ether oxygens (including phenoxy) is 1. The summed E-state index contributed by atoms with van der Waals surface area (Å²) in [5, 5.41) is 2.99. The van der Waals surface area contributed by atoms with E-state index in [9.17, 15) is 9.59 Å². The first-order valence-corrected chi connectivity index (χ1v) is 8.73. The van der Waals surface area contributed by atoms with Crippen molar-refractivity contribution in [3.05, 3.63) is 35.9 Å². The second kappa shape index (κ2) is 7.44. The summed E-state index contributed by atoms with van der Waals surface area (Å²) in [5.74, 6) is -0.173. The summed E-state index contributed by atoms with van der Waals surface area (Å²) in [6, 6.07) is 9.65. The van der Waals surface area contributed by atoms with Gasteiger partial charge >= 0.3 is 6.09 Å². The Kier molecular flexibility index (Phi) is 5.72. The van der Waals surface area contributed by atoms with Crippen LogP contribution in [0, 0.1) is 0 Å². The second-order valence-electron chi connectivity index (χ2n) is 7.73. The third kappa shape index (κ3) is 5.19. The van der Waals surface area contributed by atoms with E-state index < -0.39 is 11.1 Å². The van der Waals surface area contributed by atoms with Gasteiger partial charge in [-0.1, -0.05) is 30.3 Å². The van der Waals surface area contributed by atoms with Gasteiger partial charge in [-0.25, -0.2) is 4.79 Å². The van der Waals surface area contributed by atoms with Crippen molar-refractivity contribution in [2.45, 2.75) is 57.7 Å². The number of nitrogens with two attached hydrogens (primary N) is 1. The van der Waals surface area contributed by atoms with Gasteiger partial charge in [-0.15, -0.1) is 0 Å². The minimum atomic E-state index is -0.957. The highest BCUT2D eigenvalue weighted by Crippen LogP contribution is 2.23. The minimum Gasteiger partial charge on any atom is -0.444 e. The van der Waals surface area contributed by atoms with Crippen LogP contribution in [0.15, 0.2) is 30.3 Å². The lowest BCUT2D eigenvalue weighted by atomic mass is 9.87. The lowest BCUT2D eigenvalue weighted by Gasteiger charge is -2.38. The molecule has 1 aromatic rings. The van der Waals surface area contributed by atoms with Crippen LogP contribution >= 0.6 is 0 Å². The van der Waals surface area contributed by atoms with Crippen molar-refractivity contribution in [1.29, 1.82) is 0 Å². The quantitative estimate of drug-likeness (QED) is 0.880. The molecule has 1 atom stereocenters. The third-order valence-electron chi connectivity index (χ3n) is 4.41. The molecule has 138 valence electrons. The molecule has 2 amide bonds. The molecule has 1 aromatic carbocycles. The Morgan fingerprint density at radius 2 is 1.76 bits per heavy atom. The van der Waals surface area contributed by atoms with Crippen LogP contribution in [-0.4, -0.2) is 41.1 Å². The zero-order valence-electron chi connectivity index (χ0n) is 15.5. The van der Waals surface area contributed by atoms with E-state index in [2.05, 4.69) is 5.32 Å². The highest BCUT2D eigenvalue weighted by atomic mass is 16.6. The predicted octanol–water partition coefficient (Wildman–Crippen LogP) is 2.59. The summed E-state index contributed by atoms with van der Waals surface area (Å²) in [6.07, 6.45) is 0.478. The molecule has 0 spiro atoms. The number of carbonyl (C=O) groups excluding carboxylic acids is 2. The molecule has 0 bridgehead atoms. The Morgan fingerprint density at radius 1 is 1.20 bits per heavy atom. The highest BCUT2D eigenvalue weighted by Gasteiger charge is 2.40. The smallest absolute Gasteiger partial charge is 0.410 e. The van der Waals surface area contributed by atoms with E-state index in [0.29, 0.717) is 25.9 Å². The monoisotopic (exact) mass is 347 g/mol. The zero-order valence-corrected chi connectivity index (χ0v) is 15.5. The van der Waals surface area contributed by atoms with Gasteiger partial charge in [0.2, 0.25) is 5.91 Å². The molecular weight excluding hydrogens is 318 g/mol. The van der Waals surface area contributed by atoms with Crippen molar-refractivity contribution < 1.29 is 14.3 Å². The number of amides is 2. The van der Waals surface area contributed by atoms with Crippen molar-refractivity contribution in [2.75, 3.05) is 13.1 Å². The van der Waals surface area contributed by atoms with Gasteiger partial charge in [0.25, 0.3) is 0 Å². The van der Waals surface area contributed by atoms with E-state index in [1.165, 1.54) is 0 Å². The van der Waals surface area contributed by atoms with Crippen molar-refractivity contribution >= 4 is 12.0 Å². The Balaban J connectivity index is 1.91. The Bertz CT molecular complexity index is 602. The Labute approximate surface area is 149 Å². The minimum absolute atomic E-state index is 0.113. The number of rotatable bonds is 3. The number of hydrogen-bond acceptors (Lipinski definition) is 4. The molecule has 1 heterocycles. The molecule has 0 saturated carbocycles. The molecule has 1 aliphatic rings. The maximum atomic E-state index is 12.6. The number of piperidine rings is 1. The number of carbonyl (C=O) groups is 2. The fraction of sp³-hybridized carbons (Fsp3) is 0.579. The standard InChI is InChI=1S/C19H29N3O3/c1-14(15-8-6-5-7-9-15)21-16(23)19(20)10-12-22(13-11-19)17(24)25-18(2,3)4/h5-9,14H,10-13,20H2,1-4H3,(H,21,23)/t14-/m0/s1.